The number of cyclic esters (lactones) is 14. The quantitative estimate of drug-likeness (QED) is 0.0315. The van der Waals surface area contributed by atoms with Gasteiger partial charge in [0.05, 0.1) is 14.2 Å². The van der Waals surface area contributed by atoms with E-state index in [9.17, 15) is 120 Å². The number of alkyl halides is 3. The molecule has 35 nitrogen and oxygen atoms in total. The Hall–Kier alpha value is -11.9. The Morgan fingerprint density at radius 3 is 1.12 bits per heavy atom. The van der Waals surface area contributed by atoms with Gasteiger partial charge in [-0.3, -0.25) is 0 Å². The zero-order valence-corrected chi connectivity index (χ0v) is 52.9. The van der Waals surface area contributed by atoms with Crippen LogP contribution in [0.5, 0.6) is 11.5 Å². The molecule has 7 heterocycles. The second-order valence-electron chi connectivity index (χ2n) is 19.2. The van der Waals surface area contributed by atoms with Gasteiger partial charge in [0, 0.05) is 6.07 Å². The lowest BCUT2D eigenvalue weighted by Gasteiger charge is -2.12. The zero-order valence-electron chi connectivity index (χ0n) is 52.9. The van der Waals surface area contributed by atoms with Crippen LogP contribution in [0.3, 0.4) is 0 Å². The van der Waals surface area contributed by atoms with Crippen LogP contribution in [0.15, 0.2) is 18.7 Å². The lowest BCUT2D eigenvalue weighted by Crippen LogP contribution is -2.33. The molecule has 47 heteroatoms. The van der Waals surface area contributed by atoms with Crippen LogP contribution in [0.2, 0.25) is 0 Å². The van der Waals surface area contributed by atoms with Gasteiger partial charge in [0.15, 0.2) is 55.4 Å². The molecule has 7 fully saturated rings. The highest BCUT2D eigenvalue weighted by molar-refractivity contribution is 5.84. The predicted octanol–water partition coefficient (Wildman–Crippen LogP) is 5.81. The number of esters is 7. The Kier molecular flexibility index (Phi) is 32.4. The summed E-state index contributed by atoms with van der Waals surface area (Å²) in [7, 11) is 2.46. The minimum Gasteiger partial charge on any atom is -0.466 e. The van der Waals surface area contributed by atoms with Gasteiger partial charge in [0.1, 0.15) is 19.8 Å². The molecule has 0 bridgehead atoms. The summed E-state index contributed by atoms with van der Waals surface area (Å²) >= 11 is 0. The standard InChI is InChI=1S/C10H3F5O5.C10H4F4O5.C8H10O5.C8H8O5.C7H7F3O5.C7H10O5.C6H8O5/c11-3-4(12)6(14)8(7(15)5(3)13)20-9(16)2-1-18-10(17)19-2;11-3-1-4(12)7(14)8(6(3)13)19-9(15)5-2-17-10(16)18-5;2*1-3-4-11-7(9)6-5(2)12-8(10)13-6;1-3-4(15-6(12)14-3)5(11)13-2-7(8,9)10;1-3-4-5(6(8)10-2)12-7(9)11-4;1-3-4(5(7)9-2)11-6(8)10-3/h2H,1H2;1,5H,2H2;3,5-6H,1,4H2,2H3;1,5-6H,4H2,2H3;3-4H,2H2,1H3;4-5H,3H2,1-2H3;3-4H,1-2H3. The number of carbonyl (C=O) groups excluding carboxylic acids is 14. The number of methoxy groups -OCH3 is 2. The molecule has 0 aliphatic carbocycles. The van der Waals surface area contributed by atoms with Crippen LogP contribution >= 0.6 is 0 Å². The van der Waals surface area contributed by atoms with Crippen molar-refractivity contribution < 1.29 is 219 Å². The predicted molar refractivity (Wildman–Crippen MR) is 287 cm³/mol. The van der Waals surface area contributed by atoms with Crippen LogP contribution in [-0.2, 0) is 124 Å². The molecule has 2 aromatic rings. The second-order valence-corrected chi connectivity index (χ2v) is 19.2. The largest absolute Gasteiger partial charge is 0.509 e. The van der Waals surface area contributed by atoms with Crippen LogP contribution in [0.4, 0.5) is 86.2 Å². The Labute approximate surface area is 565 Å². The average molecular weight is 1510 g/mol. The van der Waals surface area contributed by atoms with Crippen LogP contribution in [0, 0.1) is 64.7 Å². The molecule has 568 valence electrons. The first-order chi connectivity index (χ1) is 48.1. The van der Waals surface area contributed by atoms with E-state index in [1.807, 2.05) is 0 Å². The lowest BCUT2D eigenvalue weighted by atomic mass is 10.1. The van der Waals surface area contributed by atoms with E-state index in [1.165, 1.54) is 34.1 Å². The summed E-state index contributed by atoms with van der Waals surface area (Å²) in [5, 5.41) is 0. The molecule has 0 radical (unpaired) electrons. The zero-order chi connectivity index (χ0) is 78.1. The van der Waals surface area contributed by atoms with Gasteiger partial charge in [-0.05, 0) is 34.1 Å². The Bertz CT molecular complexity index is 3510. The average Bonchev–Trinajstić information content (AvgIpc) is 1.79. The van der Waals surface area contributed by atoms with Gasteiger partial charge >= 0.3 is 91.0 Å². The molecule has 9 rings (SSSR count). The highest BCUT2D eigenvalue weighted by atomic mass is 19.4. The van der Waals surface area contributed by atoms with E-state index in [-0.39, 0.29) is 19.3 Å². The van der Waals surface area contributed by atoms with Crippen LogP contribution in [-0.4, -0.2) is 212 Å². The summed E-state index contributed by atoms with van der Waals surface area (Å²) in [6.45, 7) is 8.25. The van der Waals surface area contributed by atoms with Crippen molar-refractivity contribution in [2.24, 2.45) is 0 Å². The third-order valence-electron chi connectivity index (χ3n) is 11.9. The molecule has 7 aliphatic heterocycles. The minimum absolute atomic E-state index is 0.0410. The number of rotatable bonds is 14. The number of carbonyl (C=O) groups is 14. The Balaban J connectivity index is 0.000000315. The van der Waals surface area contributed by atoms with Crippen LogP contribution < -0.4 is 9.47 Å². The summed E-state index contributed by atoms with van der Waals surface area (Å²) in [5.74, 6) is -26.7. The van der Waals surface area contributed by atoms with Crippen molar-refractivity contribution in [3.05, 3.63) is 71.1 Å². The van der Waals surface area contributed by atoms with Gasteiger partial charge < -0.3 is 99.5 Å². The fraction of sp³-hybridized carbons (Fsp3) is 0.464. The van der Waals surface area contributed by atoms with Gasteiger partial charge in [-0.25, -0.2) is 89.1 Å². The molecule has 12 atom stereocenters. The number of hydrogen-bond acceptors (Lipinski definition) is 35. The third kappa shape index (κ3) is 25.3. The van der Waals surface area contributed by atoms with Gasteiger partial charge in [-0.2, -0.15) is 30.7 Å². The number of ether oxygens (including phenoxy) is 21. The molecule has 7 saturated heterocycles. The van der Waals surface area contributed by atoms with E-state index in [4.69, 9.17) is 6.42 Å². The first kappa shape index (κ1) is 85.3. The number of hydrogen-bond donors (Lipinski definition) is 0. The SMILES string of the molecule is C#CCOC(=O)C1OC(=O)OC1C.C=CCOC(=O)C1OC(=O)OC1C.CC1OC(=O)OC1C(=O)OCC(F)(F)F.CCC1OC(=O)OC1C(=O)OC.COC(=O)C1OC(=O)OC1C.O=C1OCC(C(=O)Oc2c(F)c(F)c(F)c(F)c2F)O1.O=C1OCC(C(=O)Oc2c(F)c(F)cc(F)c2F)O1. The summed E-state index contributed by atoms with van der Waals surface area (Å²) in [6.07, 6.45) is -16.3. The molecule has 12 unspecified atom stereocenters. The number of terminal acetylenes is 1. The normalized spacial score (nSPS) is 23.3. The maximum Gasteiger partial charge on any atom is 0.509 e. The van der Waals surface area contributed by atoms with Gasteiger partial charge in [0.25, 0.3) is 0 Å². The Morgan fingerprint density at radius 2 is 0.796 bits per heavy atom. The maximum atomic E-state index is 13.2. The second kappa shape index (κ2) is 39.2. The Morgan fingerprint density at radius 1 is 0.466 bits per heavy atom. The number of halogens is 12. The lowest BCUT2D eigenvalue weighted by molar-refractivity contribution is -0.191. The molecule has 0 saturated carbocycles. The van der Waals surface area contributed by atoms with E-state index in [0.717, 1.165) is 0 Å². The van der Waals surface area contributed by atoms with E-state index in [0.29, 0.717) is 6.42 Å². The molecule has 7 aliphatic rings. The van der Waals surface area contributed by atoms with Crippen molar-refractivity contribution in [3.63, 3.8) is 0 Å². The van der Waals surface area contributed by atoms with E-state index < -0.39 is 248 Å². The smallest absolute Gasteiger partial charge is 0.466 e. The van der Waals surface area contributed by atoms with E-state index >= 15 is 0 Å². The first-order valence-corrected chi connectivity index (χ1v) is 27.7. The van der Waals surface area contributed by atoms with Crippen molar-refractivity contribution in [1.29, 1.82) is 0 Å². The highest BCUT2D eigenvalue weighted by Crippen LogP contribution is 2.31. The van der Waals surface area contributed by atoms with Crippen molar-refractivity contribution in [2.75, 3.05) is 47.3 Å². The molecule has 0 spiro atoms. The van der Waals surface area contributed by atoms with Crippen LogP contribution in [0.25, 0.3) is 0 Å². The van der Waals surface area contributed by atoms with Crippen molar-refractivity contribution in [1.82, 2.24) is 0 Å². The molecule has 0 N–H and O–H groups in total. The van der Waals surface area contributed by atoms with Crippen molar-refractivity contribution >= 4 is 84.9 Å². The van der Waals surface area contributed by atoms with E-state index in [2.05, 4.69) is 112 Å². The maximum absolute atomic E-state index is 13.2. The monoisotopic (exact) mass is 1510 g/mol. The molecule has 103 heavy (non-hydrogen) atoms. The van der Waals surface area contributed by atoms with Gasteiger partial charge in [0.2, 0.25) is 94.9 Å². The van der Waals surface area contributed by atoms with Gasteiger partial charge in [-0.1, -0.05) is 25.5 Å². The highest BCUT2D eigenvalue weighted by Gasteiger charge is 2.46. The molecule has 2 aromatic carbocycles. The van der Waals surface area contributed by atoms with Gasteiger partial charge in [-0.15, -0.1) is 6.42 Å². The fourth-order valence-corrected chi connectivity index (χ4v) is 7.03. The minimum atomic E-state index is -4.61. The van der Waals surface area contributed by atoms with Crippen molar-refractivity contribution in [3.8, 4) is 23.8 Å². The fourth-order valence-electron chi connectivity index (χ4n) is 7.03. The topological polar surface area (TPSA) is 433 Å². The summed E-state index contributed by atoms with van der Waals surface area (Å²) < 4.78 is 244. The van der Waals surface area contributed by atoms with Crippen LogP contribution in [0.1, 0.15) is 41.0 Å². The van der Waals surface area contributed by atoms with E-state index in [1.54, 1.807) is 20.8 Å². The summed E-state index contributed by atoms with van der Waals surface area (Å²) in [6, 6.07) is -0.0410. The molecular formula is C56H50F12O35. The summed E-state index contributed by atoms with van der Waals surface area (Å²) in [4.78, 5) is 151. The number of benzene rings is 2. The molecule has 0 aromatic heterocycles. The molecular weight excluding hydrogens is 1460 g/mol. The molecule has 0 amide bonds. The third-order valence-corrected chi connectivity index (χ3v) is 11.9. The summed E-state index contributed by atoms with van der Waals surface area (Å²) in [5.41, 5.74) is 0. The van der Waals surface area contributed by atoms with Crippen molar-refractivity contribution in [2.45, 2.75) is 120 Å². The first-order valence-electron chi connectivity index (χ1n) is 27.7.